The molecule has 1 heterocycles. The van der Waals surface area contributed by atoms with Crippen molar-refractivity contribution in [2.24, 2.45) is 4.99 Å². The van der Waals surface area contributed by atoms with E-state index in [1.807, 2.05) is 0 Å². The summed E-state index contributed by atoms with van der Waals surface area (Å²) in [6.07, 6.45) is 4.69. The molecule has 0 spiro atoms. The average Bonchev–Trinajstić information content (AvgIpc) is 2.65. The molecule has 0 amide bonds. The van der Waals surface area contributed by atoms with Crippen molar-refractivity contribution in [3.8, 4) is 0 Å². The van der Waals surface area contributed by atoms with E-state index >= 15 is 0 Å². The largest absolute Gasteiger partial charge is 0.356 e. The molecule has 0 saturated heterocycles. The van der Waals surface area contributed by atoms with Gasteiger partial charge in [0.2, 0.25) is 0 Å². The Balaban J connectivity index is 0.00000162. The van der Waals surface area contributed by atoms with Crippen molar-refractivity contribution in [3.63, 3.8) is 0 Å². The topological polar surface area (TPSA) is 36.4 Å². The van der Waals surface area contributed by atoms with Crippen LogP contribution in [0.1, 0.15) is 24.8 Å². The summed E-state index contributed by atoms with van der Waals surface area (Å²) in [5.41, 5.74) is 1.41. The maximum absolute atomic E-state index is 4.46. The molecular formula is C14H22BrN3. The highest BCUT2D eigenvalue weighted by atomic mass is 79.9. The van der Waals surface area contributed by atoms with E-state index in [0.29, 0.717) is 0 Å². The molecule has 0 fully saturated rings. The predicted molar refractivity (Wildman–Crippen MR) is 82.6 cm³/mol. The second kappa shape index (κ2) is 8.97. The van der Waals surface area contributed by atoms with Gasteiger partial charge in [0.25, 0.3) is 0 Å². The highest BCUT2D eigenvalue weighted by molar-refractivity contribution is 8.93. The van der Waals surface area contributed by atoms with Crippen molar-refractivity contribution in [1.82, 2.24) is 10.6 Å². The summed E-state index contributed by atoms with van der Waals surface area (Å²) < 4.78 is 0. The van der Waals surface area contributed by atoms with E-state index in [-0.39, 0.29) is 17.0 Å². The van der Waals surface area contributed by atoms with Crippen molar-refractivity contribution in [3.05, 3.63) is 35.9 Å². The predicted octanol–water partition coefficient (Wildman–Crippen LogP) is 2.53. The van der Waals surface area contributed by atoms with Gasteiger partial charge in [0.1, 0.15) is 0 Å². The lowest BCUT2D eigenvalue weighted by atomic mass is 10.1. The van der Waals surface area contributed by atoms with Gasteiger partial charge in [-0.1, -0.05) is 30.3 Å². The van der Waals surface area contributed by atoms with Crippen LogP contribution in [0.3, 0.4) is 0 Å². The number of aliphatic imine (C=N–C) groups is 1. The summed E-state index contributed by atoms with van der Waals surface area (Å²) in [5.74, 6) is 0.982. The van der Waals surface area contributed by atoms with Crippen LogP contribution in [0.5, 0.6) is 0 Å². The molecule has 1 aliphatic heterocycles. The fourth-order valence-corrected chi connectivity index (χ4v) is 1.95. The van der Waals surface area contributed by atoms with E-state index in [9.17, 15) is 0 Å². The van der Waals surface area contributed by atoms with Gasteiger partial charge in [0, 0.05) is 19.6 Å². The van der Waals surface area contributed by atoms with Gasteiger partial charge in [-0.05, 0) is 31.2 Å². The number of hydrogen-bond donors (Lipinski definition) is 2. The molecule has 0 atom stereocenters. The maximum atomic E-state index is 4.46. The van der Waals surface area contributed by atoms with Crippen molar-refractivity contribution in [2.75, 3.05) is 19.6 Å². The molecule has 3 nitrogen and oxygen atoms in total. The zero-order valence-electron chi connectivity index (χ0n) is 10.7. The molecule has 18 heavy (non-hydrogen) atoms. The Labute approximate surface area is 120 Å². The average molecular weight is 312 g/mol. The Morgan fingerprint density at radius 3 is 2.83 bits per heavy atom. The number of aryl methyl sites for hydroxylation is 1. The van der Waals surface area contributed by atoms with Gasteiger partial charge in [0.05, 0.1) is 0 Å². The van der Waals surface area contributed by atoms with Gasteiger partial charge < -0.3 is 10.6 Å². The molecule has 1 aromatic rings. The molecule has 0 aromatic heterocycles. The normalized spacial score (nSPS) is 14.8. The van der Waals surface area contributed by atoms with E-state index in [0.717, 1.165) is 38.4 Å². The molecule has 1 aliphatic rings. The smallest absolute Gasteiger partial charge is 0.191 e. The second-order valence-corrected chi connectivity index (χ2v) is 4.38. The first-order chi connectivity index (χ1) is 8.45. The lowest BCUT2D eigenvalue weighted by Gasteiger charge is -2.09. The van der Waals surface area contributed by atoms with Gasteiger partial charge in [-0.3, -0.25) is 4.99 Å². The molecule has 2 rings (SSSR count). The Kier molecular flexibility index (Phi) is 7.49. The molecule has 4 heteroatoms. The van der Waals surface area contributed by atoms with Crippen LogP contribution in [-0.4, -0.2) is 25.6 Å². The minimum atomic E-state index is 0. The number of halogens is 1. The first-order valence-electron chi connectivity index (χ1n) is 6.51. The summed E-state index contributed by atoms with van der Waals surface area (Å²) in [6.45, 7) is 2.99. The standard InChI is InChI=1S/C14H21N3.BrH/c1-2-7-13(8-3-1)9-6-12-17-14-15-10-4-5-11-16-14;/h1-3,7-8H,4-6,9-12H2,(H2,15,16,17);1H. The van der Waals surface area contributed by atoms with Crippen molar-refractivity contribution in [1.29, 1.82) is 0 Å². The van der Waals surface area contributed by atoms with Gasteiger partial charge in [-0.2, -0.15) is 0 Å². The van der Waals surface area contributed by atoms with E-state index in [1.165, 1.54) is 18.4 Å². The van der Waals surface area contributed by atoms with Crippen molar-refractivity contribution in [2.45, 2.75) is 25.7 Å². The summed E-state index contributed by atoms with van der Waals surface area (Å²) in [7, 11) is 0. The summed E-state index contributed by atoms with van der Waals surface area (Å²) in [6, 6.07) is 10.6. The highest BCUT2D eigenvalue weighted by Gasteiger charge is 2.01. The number of hydrogen-bond acceptors (Lipinski definition) is 3. The van der Waals surface area contributed by atoms with Crippen LogP contribution in [0.15, 0.2) is 35.3 Å². The molecule has 1 aromatic carbocycles. The lowest BCUT2D eigenvalue weighted by Crippen LogP contribution is -2.37. The highest BCUT2D eigenvalue weighted by Crippen LogP contribution is 2.01. The first-order valence-corrected chi connectivity index (χ1v) is 6.51. The summed E-state index contributed by atoms with van der Waals surface area (Å²) in [5, 5.41) is 6.69. The maximum Gasteiger partial charge on any atom is 0.191 e. The molecule has 100 valence electrons. The van der Waals surface area contributed by atoms with E-state index < -0.39 is 0 Å². The molecule has 0 aliphatic carbocycles. The third kappa shape index (κ3) is 5.54. The van der Waals surface area contributed by atoms with E-state index in [4.69, 9.17) is 0 Å². The quantitative estimate of drug-likeness (QED) is 0.838. The molecule has 0 radical (unpaired) electrons. The van der Waals surface area contributed by atoms with Crippen LogP contribution in [0.4, 0.5) is 0 Å². The van der Waals surface area contributed by atoms with Crippen molar-refractivity contribution >= 4 is 22.9 Å². The molecule has 2 N–H and O–H groups in total. The third-order valence-corrected chi connectivity index (χ3v) is 2.92. The Morgan fingerprint density at radius 2 is 2.00 bits per heavy atom. The number of rotatable bonds is 4. The number of nitrogens with zero attached hydrogens (tertiary/aromatic N) is 1. The first kappa shape index (κ1) is 15.0. The van der Waals surface area contributed by atoms with Crippen LogP contribution in [-0.2, 0) is 6.42 Å². The van der Waals surface area contributed by atoms with E-state index in [1.54, 1.807) is 0 Å². The van der Waals surface area contributed by atoms with Crippen LogP contribution in [0, 0.1) is 0 Å². The van der Waals surface area contributed by atoms with Crippen LogP contribution < -0.4 is 10.6 Å². The zero-order valence-corrected chi connectivity index (χ0v) is 12.4. The molecule has 0 unspecified atom stereocenters. The minimum absolute atomic E-state index is 0. The van der Waals surface area contributed by atoms with Crippen LogP contribution in [0.2, 0.25) is 0 Å². The summed E-state index contributed by atoms with van der Waals surface area (Å²) in [4.78, 5) is 4.46. The number of benzene rings is 1. The minimum Gasteiger partial charge on any atom is -0.356 e. The Bertz CT molecular complexity index is 351. The fourth-order valence-electron chi connectivity index (χ4n) is 1.95. The SMILES string of the molecule is Br.c1ccc(CCCNC2=NCCCCN2)cc1. The van der Waals surface area contributed by atoms with Gasteiger partial charge in [-0.25, -0.2) is 0 Å². The molecular weight excluding hydrogens is 290 g/mol. The van der Waals surface area contributed by atoms with E-state index in [2.05, 4.69) is 46.0 Å². The second-order valence-electron chi connectivity index (χ2n) is 4.38. The Morgan fingerprint density at radius 1 is 1.17 bits per heavy atom. The zero-order chi connectivity index (χ0) is 11.8. The lowest BCUT2D eigenvalue weighted by molar-refractivity contribution is 0.729. The fraction of sp³-hybridized carbons (Fsp3) is 0.500. The van der Waals surface area contributed by atoms with Gasteiger partial charge in [0.15, 0.2) is 5.96 Å². The molecule has 0 saturated carbocycles. The van der Waals surface area contributed by atoms with Crippen LogP contribution >= 0.6 is 17.0 Å². The molecule has 0 bridgehead atoms. The third-order valence-electron chi connectivity index (χ3n) is 2.92. The van der Waals surface area contributed by atoms with Crippen molar-refractivity contribution < 1.29 is 0 Å². The Hall–Kier alpha value is -1.03. The van der Waals surface area contributed by atoms with Crippen LogP contribution in [0.25, 0.3) is 0 Å². The van der Waals surface area contributed by atoms with Gasteiger partial charge >= 0.3 is 0 Å². The summed E-state index contributed by atoms with van der Waals surface area (Å²) >= 11 is 0. The number of nitrogens with one attached hydrogen (secondary N) is 2. The number of guanidine groups is 1. The monoisotopic (exact) mass is 311 g/mol. The van der Waals surface area contributed by atoms with Gasteiger partial charge in [-0.15, -0.1) is 17.0 Å².